The summed E-state index contributed by atoms with van der Waals surface area (Å²) in [6, 6.07) is 23.5. The third-order valence-corrected chi connectivity index (χ3v) is 5.58. The second kappa shape index (κ2) is 8.23. The summed E-state index contributed by atoms with van der Waals surface area (Å²) in [5.74, 6) is 0.431. The van der Waals surface area contributed by atoms with Gasteiger partial charge in [-0.05, 0) is 42.1 Å². The van der Waals surface area contributed by atoms with Gasteiger partial charge in [0.15, 0.2) is 5.82 Å². The zero-order chi connectivity index (χ0) is 19.3. The van der Waals surface area contributed by atoms with Gasteiger partial charge in [-0.3, -0.25) is 9.36 Å². The molecule has 2 heterocycles. The van der Waals surface area contributed by atoms with E-state index in [1.165, 1.54) is 0 Å². The highest BCUT2D eigenvalue weighted by Gasteiger charge is 2.31. The van der Waals surface area contributed by atoms with Gasteiger partial charge in [0.1, 0.15) is 11.0 Å². The molecule has 0 N–H and O–H groups in total. The second-order valence-electron chi connectivity index (χ2n) is 6.37. The number of carbonyl (C=O) groups excluding carboxylic acids is 1. The van der Waals surface area contributed by atoms with Crippen molar-refractivity contribution < 1.29 is 4.79 Å². The van der Waals surface area contributed by atoms with Crippen LogP contribution >= 0.6 is 11.3 Å². The molecule has 0 aliphatic rings. The van der Waals surface area contributed by atoms with Gasteiger partial charge in [0, 0.05) is 24.6 Å². The zero-order valence-electron chi connectivity index (χ0n) is 15.6. The molecule has 1 atom stereocenters. The molecule has 0 aliphatic heterocycles. The third kappa shape index (κ3) is 3.49. The van der Waals surface area contributed by atoms with Gasteiger partial charge in [0.05, 0.1) is 0 Å². The van der Waals surface area contributed by atoms with E-state index >= 15 is 0 Å². The first-order valence-corrected chi connectivity index (χ1v) is 10.2. The maximum Gasteiger partial charge on any atom is 0.225 e. The maximum absolute atomic E-state index is 13.8. The highest BCUT2D eigenvalue weighted by Crippen LogP contribution is 2.30. The Kier molecular flexibility index (Phi) is 5.35. The number of hydrogen-bond acceptors (Lipinski definition) is 4. The van der Waals surface area contributed by atoms with Crippen LogP contribution in [0.5, 0.6) is 0 Å². The number of para-hydroxylation sites is 1. The average Bonchev–Trinajstić information content (AvgIpc) is 3.44. The van der Waals surface area contributed by atoms with E-state index in [0.29, 0.717) is 12.4 Å². The first kappa shape index (κ1) is 18.2. The number of ketones is 1. The number of likely N-dealkylation sites (N-methyl/N-ethyl adjacent to an activating group) is 1. The van der Waals surface area contributed by atoms with Crippen molar-refractivity contribution in [1.29, 1.82) is 0 Å². The number of nitrogens with zero attached hydrogens (tertiary/aromatic N) is 3. The van der Waals surface area contributed by atoms with Crippen LogP contribution in [0.3, 0.4) is 0 Å². The Morgan fingerprint density at radius 3 is 2.39 bits per heavy atom. The van der Waals surface area contributed by atoms with E-state index in [-0.39, 0.29) is 5.78 Å². The van der Waals surface area contributed by atoms with E-state index in [9.17, 15) is 4.79 Å². The molecule has 4 nitrogen and oxygen atoms in total. The second-order valence-corrected chi connectivity index (χ2v) is 7.30. The molecule has 5 heteroatoms. The third-order valence-electron chi connectivity index (χ3n) is 4.71. The van der Waals surface area contributed by atoms with Crippen LogP contribution in [-0.2, 0) is 0 Å². The quantitative estimate of drug-likeness (QED) is 0.399. The first-order valence-electron chi connectivity index (χ1n) is 9.27. The molecule has 0 fully saturated rings. The molecule has 0 unspecified atom stereocenters. The Balaban J connectivity index is 1.81. The minimum Gasteiger partial charge on any atom is -0.357 e. The minimum absolute atomic E-state index is 0.0182. The number of anilines is 1. The summed E-state index contributed by atoms with van der Waals surface area (Å²) in [5, 5.41) is 2.98. The molecular weight excluding hydrogens is 366 g/mol. The molecule has 4 aromatic rings. The molecule has 0 radical (unpaired) electrons. The highest BCUT2D eigenvalue weighted by atomic mass is 32.1. The lowest BCUT2D eigenvalue weighted by molar-refractivity contribution is 0.0945. The van der Waals surface area contributed by atoms with Gasteiger partial charge in [0.2, 0.25) is 5.78 Å². The summed E-state index contributed by atoms with van der Waals surface area (Å²) in [5.41, 5.74) is 1.97. The number of thiophene rings is 1. The molecule has 28 heavy (non-hydrogen) atoms. The van der Waals surface area contributed by atoms with Crippen molar-refractivity contribution in [3.8, 4) is 5.00 Å². The van der Waals surface area contributed by atoms with E-state index in [1.807, 2.05) is 88.9 Å². The van der Waals surface area contributed by atoms with Crippen molar-refractivity contribution in [1.82, 2.24) is 9.55 Å². The average molecular weight is 388 g/mol. The van der Waals surface area contributed by atoms with Crippen LogP contribution in [0.1, 0.15) is 29.1 Å². The lowest BCUT2D eigenvalue weighted by atomic mass is 9.99. The Bertz CT molecular complexity index is 1030. The van der Waals surface area contributed by atoms with Crippen molar-refractivity contribution in [2.24, 2.45) is 0 Å². The highest BCUT2D eigenvalue weighted by molar-refractivity contribution is 7.12. The number of hydrogen-bond donors (Lipinski definition) is 0. The summed E-state index contributed by atoms with van der Waals surface area (Å²) in [7, 11) is 0. The number of benzene rings is 2. The largest absolute Gasteiger partial charge is 0.357 e. The molecule has 0 bridgehead atoms. The van der Waals surface area contributed by atoms with Crippen LogP contribution in [0.2, 0.25) is 0 Å². The molecular formula is C23H21N3OS. The molecule has 0 amide bonds. The normalized spacial score (nSPS) is 11.9. The molecule has 0 saturated carbocycles. The van der Waals surface area contributed by atoms with E-state index in [0.717, 1.165) is 16.3 Å². The van der Waals surface area contributed by atoms with E-state index in [4.69, 9.17) is 0 Å². The van der Waals surface area contributed by atoms with Gasteiger partial charge >= 0.3 is 0 Å². The number of aromatic nitrogens is 2. The molecule has 0 spiro atoms. The summed E-state index contributed by atoms with van der Waals surface area (Å²) < 4.78 is 1.88. The predicted octanol–water partition coefficient (Wildman–Crippen LogP) is 5.38. The first-order chi connectivity index (χ1) is 13.8. The van der Waals surface area contributed by atoms with Gasteiger partial charge in [-0.2, -0.15) is 0 Å². The number of Topliss-reactive ketones (excluding diaryl/α,β-unsaturated/α-hetero) is 1. The van der Waals surface area contributed by atoms with Crippen LogP contribution in [0.15, 0.2) is 90.6 Å². The smallest absolute Gasteiger partial charge is 0.225 e. The summed E-state index contributed by atoms with van der Waals surface area (Å²) >= 11 is 1.59. The zero-order valence-corrected chi connectivity index (χ0v) is 16.4. The number of rotatable bonds is 7. The van der Waals surface area contributed by atoms with Crippen molar-refractivity contribution in [3.63, 3.8) is 0 Å². The fourth-order valence-corrected chi connectivity index (χ4v) is 4.15. The van der Waals surface area contributed by atoms with Crippen LogP contribution in [0, 0.1) is 0 Å². The van der Waals surface area contributed by atoms with E-state index in [2.05, 4.69) is 16.8 Å². The fourth-order valence-electron chi connectivity index (χ4n) is 3.43. The van der Waals surface area contributed by atoms with Crippen LogP contribution < -0.4 is 4.90 Å². The Morgan fingerprint density at radius 1 is 1.04 bits per heavy atom. The van der Waals surface area contributed by atoms with Crippen LogP contribution in [-0.4, -0.2) is 21.9 Å². The lowest BCUT2D eigenvalue weighted by Gasteiger charge is -2.32. The van der Waals surface area contributed by atoms with Gasteiger partial charge in [0.25, 0.3) is 0 Å². The van der Waals surface area contributed by atoms with Crippen molar-refractivity contribution in [2.45, 2.75) is 13.0 Å². The fraction of sp³-hybridized carbons (Fsp3) is 0.130. The standard InChI is InChI=1S/C23H21N3OS/c1-2-25(19-12-7-4-8-13-19)21(18-10-5-3-6-11-18)22(27)23-24-15-16-26(23)20-14-9-17-28-20/h3-17,21H,2H2,1H3/t21-/m0/s1. The van der Waals surface area contributed by atoms with Crippen LogP contribution in [0.25, 0.3) is 5.00 Å². The number of imidazole rings is 1. The van der Waals surface area contributed by atoms with Crippen molar-refractivity contribution >= 4 is 22.8 Å². The Labute approximate surface area is 168 Å². The van der Waals surface area contributed by atoms with Crippen LogP contribution in [0.4, 0.5) is 5.69 Å². The SMILES string of the molecule is CCN(c1ccccc1)[C@H](C(=O)c1nccn1-c1cccs1)c1ccccc1. The minimum atomic E-state index is -0.449. The van der Waals surface area contributed by atoms with Crippen molar-refractivity contribution in [3.05, 3.63) is 102 Å². The van der Waals surface area contributed by atoms with Crippen molar-refractivity contribution in [2.75, 3.05) is 11.4 Å². The summed E-state index contributed by atoms with van der Waals surface area (Å²) in [6.07, 6.45) is 3.54. The molecule has 140 valence electrons. The topological polar surface area (TPSA) is 38.1 Å². The molecule has 4 rings (SSSR count). The van der Waals surface area contributed by atoms with Gasteiger partial charge in [-0.25, -0.2) is 4.98 Å². The maximum atomic E-state index is 13.8. The van der Waals surface area contributed by atoms with Gasteiger partial charge < -0.3 is 4.90 Å². The molecule has 0 saturated heterocycles. The summed E-state index contributed by atoms with van der Waals surface area (Å²) in [6.45, 7) is 2.77. The summed E-state index contributed by atoms with van der Waals surface area (Å²) in [4.78, 5) is 20.3. The lowest BCUT2D eigenvalue weighted by Crippen LogP contribution is -2.35. The Hall–Kier alpha value is -3.18. The predicted molar refractivity (Wildman–Crippen MR) is 114 cm³/mol. The van der Waals surface area contributed by atoms with Gasteiger partial charge in [-0.15, -0.1) is 11.3 Å². The van der Waals surface area contributed by atoms with E-state index in [1.54, 1.807) is 17.5 Å². The molecule has 0 aliphatic carbocycles. The Morgan fingerprint density at radius 2 is 1.75 bits per heavy atom. The number of carbonyl (C=O) groups is 1. The monoisotopic (exact) mass is 387 g/mol. The van der Waals surface area contributed by atoms with Gasteiger partial charge in [-0.1, -0.05) is 48.5 Å². The van der Waals surface area contributed by atoms with E-state index < -0.39 is 6.04 Å². The molecule has 2 aromatic heterocycles. The molecule has 2 aromatic carbocycles.